The molecule has 0 atom stereocenters. The maximum atomic E-state index is 10.4. The van der Waals surface area contributed by atoms with Gasteiger partial charge in [0.25, 0.3) is 0 Å². The summed E-state index contributed by atoms with van der Waals surface area (Å²) >= 11 is 0. The number of hydrogen-bond donors (Lipinski definition) is 0. The van der Waals surface area contributed by atoms with Crippen LogP contribution < -0.4 is 5.46 Å². The number of rotatable bonds is 1. The molecule has 11 heavy (non-hydrogen) atoms. The molecule has 0 N–H and O–H groups in total. The highest BCUT2D eigenvalue weighted by Crippen LogP contribution is 2.06. The second kappa shape index (κ2) is 2.51. The van der Waals surface area contributed by atoms with Crippen LogP contribution in [0.5, 0.6) is 0 Å². The van der Waals surface area contributed by atoms with Gasteiger partial charge in [0.2, 0.25) is 0 Å². The Labute approximate surface area is 65.5 Å². The van der Waals surface area contributed by atoms with Crippen molar-refractivity contribution in [2.75, 3.05) is 0 Å². The van der Waals surface area contributed by atoms with Crippen LogP contribution in [0.1, 0.15) is 15.9 Å². The normalized spacial score (nSPS) is 13.8. The van der Waals surface area contributed by atoms with E-state index in [2.05, 4.69) is 0 Å². The molecule has 0 amide bonds. The molecule has 3 heteroatoms. The standard InChI is InChI=1S/C8H6BO2/c10-4-6-1-2-7-5-11-9-8(7)3-6/h1-4H,5H2. The average Bonchev–Trinajstić information content (AvgIpc) is 2.50. The highest BCUT2D eigenvalue weighted by molar-refractivity contribution is 6.49. The van der Waals surface area contributed by atoms with Gasteiger partial charge in [0.15, 0.2) is 0 Å². The van der Waals surface area contributed by atoms with Crippen LogP contribution in [0.2, 0.25) is 0 Å². The summed E-state index contributed by atoms with van der Waals surface area (Å²) in [6.07, 6.45) is 0.840. The zero-order valence-electron chi connectivity index (χ0n) is 5.91. The van der Waals surface area contributed by atoms with Crippen LogP contribution >= 0.6 is 0 Å². The smallest absolute Gasteiger partial charge is 0.330 e. The fraction of sp³-hybridized carbons (Fsp3) is 0.125. The Kier molecular flexibility index (Phi) is 1.51. The van der Waals surface area contributed by atoms with Crippen LogP contribution in [0.25, 0.3) is 0 Å². The number of aldehydes is 1. The monoisotopic (exact) mass is 145 g/mol. The summed E-state index contributed by atoms with van der Waals surface area (Å²) in [6.45, 7) is 0.633. The first kappa shape index (κ1) is 6.61. The zero-order chi connectivity index (χ0) is 7.68. The molecule has 2 nitrogen and oxygen atoms in total. The highest BCUT2D eigenvalue weighted by atomic mass is 16.4. The number of carbonyl (C=O) groups excluding carboxylic acids is 1. The van der Waals surface area contributed by atoms with Crippen LogP contribution in [-0.2, 0) is 11.3 Å². The van der Waals surface area contributed by atoms with Gasteiger partial charge in [0, 0.05) is 5.56 Å². The molecule has 1 heterocycles. The maximum absolute atomic E-state index is 10.4. The van der Waals surface area contributed by atoms with Gasteiger partial charge in [-0.15, -0.1) is 0 Å². The third kappa shape index (κ3) is 1.07. The van der Waals surface area contributed by atoms with Crippen molar-refractivity contribution in [3.63, 3.8) is 0 Å². The predicted octanol–water partition coefficient (Wildman–Crippen LogP) is 0.274. The Morgan fingerprint density at radius 3 is 3.27 bits per heavy atom. The lowest BCUT2D eigenvalue weighted by molar-refractivity contribution is 0.112. The van der Waals surface area contributed by atoms with E-state index in [0.29, 0.717) is 12.2 Å². The summed E-state index contributed by atoms with van der Waals surface area (Å²) in [5.74, 6) is 0. The quantitative estimate of drug-likeness (QED) is 0.418. The summed E-state index contributed by atoms with van der Waals surface area (Å²) in [6, 6.07) is 5.55. The molecule has 0 saturated carbocycles. The average molecular weight is 145 g/mol. The summed E-state index contributed by atoms with van der Waals surface area (Å²) in [5.41, 5.74) is 2.87. The molecule has 0 aliphatic carbocycles. The molecular formula is C8H6BO2. The molecule has 1 aliphatic heterocycles. The van der Waals surface area contributed by atoms with E-state index < -0.39 is 0 Å². The lowest BCUT2D eigenvalue weighted by atomic mass is 9.86. The second-order valence-corrected chi connectivity index (χ2v) is 2.50. The SMILES string of the molecule is O=Cc1ccc2c(c1)[B]OC2. The minimum Gasteiger partial charge on any atom is -0.430 e. The number of carbonyl (C=O) groups is 1. The third-order valence-corrected chi connectivity index (χ3v) is 1.76. The fourth-order valence-corrected chi connectivity index (χ4v) is 1.15. The van der Waals surface area contributed by atoms with Gasteiger partial charge in [0.1, 0.15) is 6.29 Å². The van der Waals surface area contributed by atoms with Crippen LogP contribution in [0.4, 0.5) is 0 Å². The zero-order valence-corrected chi connectivity index (χ0v) is 5.91. The van der Waals surface area contributed by atoms with Crippen LogP contribution in [0, 0.1) is 0 Å². The first-order chi connectivity index (χ1) is 5.40. The van der Waals surface area contributed by atoms with Gasteiger partial charge in [-0.3, -0.25) is 4.79 Å². The van der Waals surface area contributed by atoms with Crippen molar-refractivity contribution in [2.45, 2.75) is 6.61 Å². The molecule has 0 bridgehead atoms. The van der Waals surface area contributed by atoms with Gasteiger partial charge >= 0.3 is 7.48 Å². The minimum atomic E-state index is 0.633. The van der Waals surface area contributed by atoms with E-state index in [1.165, 1.54) is 0 Å². The molecule has 0 saturated heterocycles. The minimum absolute atomic E-state index is 0.633. The van der Waals surface area contributed by atoms with Crippen LogP contribution in [0.3, 0.4) is 0 Å². The van der Waals surface area contributed by atoms with Gasteiger partial charge < -0.3 is 4.65 Å². The van der Waals surface area contributed by atoms with E-state index in [9.17, 15) is 4.79 Å². The Balaban J connectivity index is 2.48. The Hall–Kier alpha value is -1.09. The summed E-state index contributed by atoms with van der Waals surface area (Å²) in [7, 11) is 1.68. The Bertz CT molecular complexity index is 296. The maximum Gasteiger partial charge on any atom is 0.330 e. The van der Waals surface area contributed by atoms with E-state index >= 15 is 0 Å². The fourth-order valence-electron chi connectivity index (χ4n) is 1.15. The van der Waals surface area contributed by atoms with E-state index in [0.717, 1.165) is 17.3 Å². The first-order valence-corrected chi connectivity index (χ1v) is 3.43. The Morgan fingerprint density at radius 2 is 2.45 bits per heavy atom. The van der Waals surface area contributed by atoms with Crippen LogP contribution in [0.15, 0.2) is 18.2 Å². The van der Waals surface area contributed by atoms with Crippen molar-refractivity contribution in [3.05, 3.63) is 29.3 Å². The number of hydrogen-bond acceptors (Lipinski definition) is 2. The molecule has 53 valence electrons. The molecule has 0 aromatic heterocycles. The van der Waals surface area contributed by atoms with E-state index in [1.54, 1.807) is 13.5 Å². The molecule has 2 rings (SSSR count). The number of fused-ring (bicyclic) bond motifs is 1. The first-order valence-electron chi connectivity index (χ1n) is 3.43. The van der Waals surface area contributed by atoms with Crippen LogP contribution in [-0.4, -0.2) is 13.8 Å². The summed E-state index contributed by atoms with van der Waals surface area (Å²) in [4.78, 5) is 10.4. The van der Waals surface area contributed by atoms with Gasteiger partial charge in [-0.1, -0.05) is 18.2 Å². The predicted molar refractivity (Wildman–Crippen MR) is 42.0 cm³/mol. The van der Waals surface area contributed by atoms with Crippen molar-refractivity contribution in [1.29, 1.82) is 0 Å². The van der Waals surface area contributed by atoms with Crippen molar-refractivity contribution in [3.8, 4) is 0 Å². The molecule has 0 unspecified atom stereocenters. The van der Waals surface area contributed by atoms with Gasteiger partial charge in [0.05, 0.1) is 6.61 Å². The van der Waals surface area contributed by atoms with Crippen molar-refractivity contribution >= 4 is 19.2 Å². The van der Waals surface area contributed by atoms with Gasteiger partial charge in [-0.05, 0) is 11.0 Å². The van der Waals surface area contributed by atoms with Gasteiger partial charge in [-0.25, -0.2) is 0 Å². The van der Waals surface area contributed by atoms with Crippen molar-refractivity contribution in [2.24, 2.45) is 0 Å². The summed E-state index contributed by atoms with van der Waals surface area (Å²) in [5, 5.41) is 0. The molecule has 0 spiro atoms. The van der Waals surface area contributed by atoms with Gasteiger partial charge in [-0.2, -0.15) is 0 Å². The Morgan fingerprint density at radius 1 is 1.55 bits per heavy atom. The number of benzene rings is 1. The van der Waals surface area contributed by atoms with E-state index in [4.69, 9.17) is 4.65 Å². The molecular weight excluding hydrogens is 139 g/mol. The van der Waals surface area contributed by atoms with Crippen molar-refractivity contribution < 1.29 is 9.45 Å². The third-order valence-electron chi connectivity index (χ3n) is 1.76. The second-order valence-electron chi connectivity index (χ2n) is 2.50. The largest absolute Gasteiger partial charge is 0.430 e. The lowest BCUT2D eigenvalue weighted by Gasteiger charge is -1.95. The molecule has 1 radical (unpaired) electrons. The topological polar surface area (TPSA) is 26.3 Å². The van der Waals surface area contributed by atoms with Crippen molar-refractivity contribution in [1.82, 2.24) is 0 Å². The summed E-state index contributed by atoms with van der Waals surface area (Å²) < 4.78 is 5.07. The highest BCUT2D eigenvalue weighted by Gasteiger charge is 2.12. The molecule has 0 fully saturated rings. The molecule has 1 aromatic carbocycles. The van der Waals surface area contributed by atoms with E-state index in [-0.39, 0.29) is 0 Å². The molecule has 1 aromatic rings. The lowest BCUT2D eigenvalue weighted by Crippen LogP contribution is -2.11. The molecule has 1 aliphatic rings. The van der Waals surface area contributed by atoms with E-state index in [1.807, 2.05) is 12.1 Å².